The highest BCUT2D eigenvalue weighted by atomic mass is 16.3. The predicted molar refractivity (Wildman–Crippen MR) is 107 cm³/mol. The van der Waals surface area contributed by atoms with Crippen molar-refractivity contribution in [2.45, 2.75) is 38.2 Å². The lowest BCUT2D eigenvalue weighted by molar-refractivity contribution is -0.114. The van der Waals surface area contributed by atoms with Gasteiger partial charge in [0, 0.05) is 11.8 Å². The number of rotatable bonds is 2. The number of nitrogens with one attached hydrogen (secondary N) is 3. The Kier molecular flexibility index (Phi) is 5.71. The summed E-state index contributed by atoms with van der Waals surface area (Å²) in [5, 5.41) is 21.0. The van der Waals surface area contributed by atoms with Crippen LogP contribution in [0.4, 0.5) is 11.6 Å². The number of amides is 1. The van der Waals surface area contributed by atoms with Crippen molar-refractivity contribution in [3.8, 4) is 22.8 Å². The highest BCUT2D eigenvalue weighted by Crippen LogP contribution is 2.25. The first kappa shape index (κ1) is 18.9. The van der Waals surface area contributed by atoms with E-state index in [-0.39, 0.29) is 18.6 Å². The molecular formula is C19H22N8O2. The van der Waals surface area contributed by atoms with Crippen LogP contribution in [0.2, 0.25) is 0 Å². The molecular weight excluding hydrogens is 372 g/mol. The Morgan fingerprint density at radius 2 is 1.83 bits per heavy atom. The standard InChI is InChI=1S/C13H10N8O.C6H12O/c22-10-5-16-12-13(20-10)19-9(4-15-12)7-1-2-8(14-3-7)11-17-6-18-21-11;7-6-4-2-1-3-5-6/h1-4,6H,5H2,(H,15,16)(H,17,18,21)(H,19,20,22);6-7H,1-5H2. The highest BCUT2D eigenvalue weighted by Gasteiger charge is 2.17. The van der Waals surface area contributed by atoms with Gasteiger partial charge >= 0.3 is 0 Å². The predicted octanol–water partition coefficient (Wildman–Crippen LogP) is 2.00. The molecule has 1 amide bonds. The van der Waals surface area contributed by atoms with E-state index in [1.54, 1.807) is 12.4 Å². The molecule has 1 saturated carbocycles. The van der Waals surface area contributed by atoms with Crippen molar-refractivity contribution in [3.63, 3.8) is 0 Å². The van der Waals surface area contributed by atoms with E-state index >= 15 is 0 Å². The number of hydrogen-bond acceptors (Lipinski definition) is 8. The van der Waals surface area contributed by atoms with Crippen molar-refractivity contribution in [2.24, 2.45) is 0 Å². The molecule has 5 rings (SSSR count). The lowest BCUT2D eigenvalue weighted by Gasteiger charge is -2.16. The van der Waals surface area contributed by atoms with Crippen LogP contribution in [0, 0.1) is 0 Å². The average molecular weight is 394 g/mol. The van der Waals surface area contributed by atoms with Crippen molar-refractivity contribution in [3.05, 3.63) is 30.9 Å². The monoisotopic (exact) mass is 394 g/mol. The Morgan fingerprint density at radius 3 is 2.48 bits per heavy atom. The first-order valence-corrected chi connectivity index (χ1v) is 9.60. The van der Waals surface area contributed by atoms with Gasteiger partial charge < -0.3 is 15.7 Å². The quantitative estimate of drug-likeness (QED) is 0.517. The van der Waals surface area contributed by atoms with Gasteiger partial charge in [0.25, 0.3) is 0 Å². The minimum absolute atomic E-state index is 0.0359. The molecule has 3 aromatic rings. The molecule has 2 aliphatic rings. The maximum Gasteiger partial charge on any atom is 0.244 e. The van der Waals surface area contributed by atoms with E-state index in [0.29, 0.717) is 28.8 Å². The first-order chi connectivity index (χ1) is 14.2. The molecule has 29 heavy (non-hydrogen) atoms. The summed E-state index contributed by atoms with van der Waals surface area (Å²) in [6, 6.07) is 3.67. The van der Waals surface area contributed by atoms with Crippen molar-refractivity contribution in [2.75, 3.05) is 17.2 Å². The zero-order valence-electron chi connectivity index (χ0n) is 15.8. The maximum absolute atomic E-state index is 11.4. The van der Waals surface area contributed by atoms with Crippen molar-refractivity contribution in [1.82, 2.24) is 30.1 Å². The van der Waals surface area contributed by atoms with Crippen LogP contribution in [0.25, 0.3) is 22.8 Å². The topological polar surface area (TPSA) is 142 Å². The summed E-state index contributed by atoms with van der Waals surface area (Å²) < 4.78 is 0. The van der Waals surface area contributed by atoms with Gasteiger partial charge in [0.1, 0.15) is 12.0 Å². The molecule has 0 radical (unpaired) electrons. The highest BCUT2D eigenvalue weighted by molar-refractivity contribution is 5.98. The van der Waals surface area contributed by atoms with Gasteiger partial charge in [0.15, 0.2) is 17.5 Å². The number of anilines is 2. The van der Waals surface area contributed by atoms with E-state index in [1.165, 1.54) is 25.6 Å². The number of aromatic amines is 1. The summed E-state index contributed by atoms with van der Waals surface area (Å²) in [6.45, 7) is 0.203. The second-order valence-electron chi connectivity index (χ2n) is 6.91. The number of aliphatic hydroxyl groups excluding tert-OH is 1. The minimum atomic E-state index is -0.141. The van der Waals surface area contributed by atoms with Crippen molar-refractivity contribution < 1.29 is 9.90 Å². The zero-order valence-corrected chi connectivity index (χ0v) is 15.8. The fraction of sp³-hybridized carbons (Fsp3) is 0.368. The fourth-order valence-corrected chi connectivity index (χ4v) is 3.18. The Labute approximate surface area is 167 Å². The Hall–Kier alpha value is -3.40. The lowest BCUT2D eigenvalue weighted by Crippen LogP contribution is -2.28. The van der Waals surface area contributed by atoms with Gasteiger partial charge in [-0.3, -0.25) is 14.9 Å². The van der Waals surface area contributed by atoms with Gasteiger partial charge in [0.2, 0.25) is 5.91 Å². The molecule has 3 aromatic heterocycles. The molecule has 0 unspecified atom stereocenters. The number of carbonyl (C=O) groups is 1. The average Bonchev–Trinajstić information content (AvgIpc) is 3.29. The summed E-state index contributed by atoms with van der Waals surface area (Å²) in [5.74, 6) is 1.44. The molecule has 10 nitrogen and oxygen atoms in total. The first-order valence-electron chi connectivity index (χ1n) is 9.60. The number of fused-ring (bicyclic) bond motifs is 1. The van der Waals surface area contributed by atoms with Gasteiger partial charge in [-0.05, 0) is 25.0 Å². The fourth-order valence-electron chi connectivity index (χ4n) is 3.18. The van der Waals surface area contributed by atoms with Crippen LogP contribution in [-0.4, -0.2) is 53.8 Å². The number of hydrogen-bond donors (Lipinski definition) is 4. The van der Waals surface area contributed by atoms with E-state index in [9.17, 15) is 4.79 Å². The third-order valence-electron chi connectivity index (χ3n) is 4.74. The van der Waals surface area contributed by atoms with E-state index in [2.05, 4.69) is 40.8 Å². The molecule has 150 valence electrons. The summed E-state index contributed by atoms with van der Waals surface area (Å²) in [7, 11) is 0. The number of aromatic nitrogens is 6. The van der Waals surface area contributed by atoms with Crippen molar-refractivity contribution in [1.29, 1.82) is 0 Å². The molecule has 0 bridgehead atoms. The number of carbonyl (C=O) groups excluding carboxylic acids is 1. The molecule has 10 heteroatoms. The van der Waals surface area contributed by atoms with Gasteiger partial charge in [-0.15, -0.1) is 0 Å². The minimum Gasteiger partial charge on any atom is -0.393 e. The van der Waals surface area contributed by atoms with E-state index in [0.717, 1.165) is 18.4 Å². The Bertz CT molecular complexity index is 953. The van der Waals surface area contributed by atoms with Gasteiger partial charge in [-0.2, -0.15) is 5.10 Å². The largest absolute Gasteiger partial charge is 0.393 e. The lowest BCUT2D eigenvalue weighted by atomic mass is 9.98. The summed E-state index contributed by atoms with van der Waals surface area (Å²) in [6.07, 6.45) is 10.7. The molecule has 0 spiro atoms. The Balaban J connectivity index is 0.000000249. The van der Waals surface area contributed by atoms with Crippen LogP contribution in [0.3, 0.4) is 0 Å². The van der Waals surface area contributed by atoms with Crippen LogP contribution in [0.1, 0.15) is 32.1 Å². The second-order valence-corrected chi connectivity index (χ2v) is 6.91. The smallest absolute Gasteiger partial charge is 0.244 e. The number of H-pyrrole nitrogens is 1. The number of pyridine rings is 1. The van der Waals surface area contributed by atoms with Crippen LogP contribution in [-0.2, 0) is 4.79 Å². The van der Waals surface area contributed by atoms with Crippen LogP contribution in [0.5, 0.6) is 0 Å². The van der Waals surface area contributed by atoms with Crippen LogP contribution in [0.15, 0.2) is 30.9 Å². The molecule has 1 fully saturated rings. The molecule has 4 heterocycles. The second kappa shape index (κ2) is 8.74. The van der Waals surface area contributed by atoms with E-state index in [1.807, 2.05) is 12.1 Å². The summed E-state index contributed by atoms with van der Waals surface area (Å²) in [4.78, 5) is 28.4. The third kappa shape index (κ3) is 4.72. The van der Waals surface area contributed by atoms with Crippen LogP contribution < -0.4 is 10.6 Å². The molecule has 0 aromatic carbocycles. The zero-order chi connectivity index (χ0) is 20.1. The molecule has 4 N–H and O–H groups in total. The normalized spacial score (nSPS) is 16.1. The van der Waals surface area contributed by atoms with E-state index < -0.39 is 0 Å². The Morgan fingerprint density at radius 1 is 0.966 bits per heavy atom. The summed E-state index contributed by atoms with van der Waals surface area (Å²) in [5.41, 5.74) is 2.10. The van der Waals surface area contributed by atoms with Gasteiger partial charge in [0.05, 0.1) is 24.5 Å². The molecule has 0 atom stereocenters. The maximum atomic E-state index is 11.4. The molecule has 0 saturated heterocycles. The summed E-state index contributed by atoms with van der Waals surface area (Å²) >= 11 is 0. The third-order valence-corrected chi connectivity index (χ3v) is 4.74. The molecule has 1 aliphatic heterocycles. The van der Waals surface area contributed by atoms with Crippen LogP contribution >= 0.6 is 0 Å². The number of nitrogens with zero attached hydrogens (tertiary/aromatic N) is 5. The SMILES string of the molecule is O=C1CNc2ncc(-c3ccc(-c4ncn[nH]4)nc3)nc2N1.OC1CCCCC1. The van der Waals surface area contributed by atoms with Gasteiger partial charge in [-0.1, -0.05) is 19.3 Å². The molecule has 1 aliphatic carbocycles. The van der Waals surface area contributed by atoms with E-state index in [4.69, 9.17) is 5.11 Å². The number of aliphatic hydroxyl groups is 1. The van der Waals surface area contributed by atoms with Gasteiger partial charge in [-0.25, -0.2) is 15.0 Å². The van der Waals surface area contributed by atoms with Crippen molar-refractivity contribution >= 4 is 17.5 Å².